The number of nitrogens with zero attached hydrogens (tertiary/aromatic N) is 7. The second kappa shape index (κ2) is 7.42. The van der Waals surface area contributed by atoms with E-state index in [1.807, 2.05) is 41.3 Å². The number of hydrogen-bond acceptors (Lipinski definition) is 7. The van der Waals surface area contributed by atoms with E-state index in [0.29, 0.717) is 30.4 Å². The SMILES string of the molecule is O=C(CCn1nnc2cc(-c3noc(-c4ccccn4)n3)ccc21)N1CCCC1. The first-order chi connectivity index (χ1) is 14.3. The Morgan fingerprint density at radius 2 is 2.03 bits per heavy atom. The zero-order valence-electron chi connectivity index (χ0n) is 15.7. The van der Waals surface area contributed by atoms with E-state index in [1.54, 1.807) is 10.9 Å². The number of carbonyl (C=O) groups is 1. The Morgan fingerprint density at radius 1 is 1.14 bits per heavy atom. The van der Waals surface area contributed by atoms with E-state index in [-0.39, 0.29) is 5.91 Å². The predicted octanol–water partition coefficient (Wildman–Crippen LogP) is 2.56. The van der Waals surface area contributed by atoms with Crippen molar-refractivity contribution in [2.24, 2.45) is 0 Å². The van der Waals surface area contributed by atoms with E-state index in [2.05, 4.69) is 25.4 Å². The minimum atomic E-state index is 0.177. The third-order valence-electron chi connectivity index (χ3n) is 5.08. The number of fused-ring (bicyclic) bond motifs is 1. The number of amides is 1. The van der Waals surface area contributed by atoms with Crippen LogP contribution >= 0.6 is 0 Å². The predicted molar refractivity (Wildman–Crippen MR) is 104 cm³/mol. The van der Waals surface area contributed by atoms with Gasteiger partial charge in [-0.15, -0.1) is 5.10 Å². The van der Waals surface area contributed by atoms with Crippen molar-refractivity contribution >= 4 is 16.9 Å². The normalized spacial score (nSPS) is 14.0. The molecule has 5 rings (SSSR count). The molecule has 9 heteroatoms. The lowest BCUT2D eigenvalue weighted by Gasteiger charge is -2.14. The van der Waals surface area contributed by atoms with Gasteiger partial charge in [0.1, 0.15) is 11.2 Å². The highest BCUT2D eigenvalue weighted by atomic mass is 16.5. The van der Waals surface area contributed by atoms with Crippen molar-refractivity contribution in [2.45, 2.75) is 25.8 Å². The lowest BCUT2D eigenvalue weighted by molar-refractivity contribution is -0.130. The van der Waals surface area contributed by atoms with Gasteiger partial charge in [0.05, 0.1) is 12.1 Å². The largest absolute Gasteiger partial charge is 0.343 e. The van der Waals surface area contributed by atoms with Gasteiger partial charge in [-0.1, -0.05) is 16.4 Å². The highest BCUT2D eigenvalue weighted by Gasteiger charge is 2.18. The summed E-state index contributed by atoms with van der Waals surface area (Å²) in [4.78, 5) is 22.8. The van der Waals surface area contributed by atoms with E-state index in [0.717, 1.165) is 42.5 Å². The van der Waals surface area contributed by atoms with Gasteiger partial charge in [-0.2, -0.15) is 4.98 Å². The summed E-state index contributed by atoms with van der Waals surface area (Å²) in [6, 6.07) is 11.2. The van der Waals surface area contributed by atoms with Gasteiger partial charge >= 0.3 is 0 Å². The molecule has 1 fully saturated rings. The Kier molecular flexibility index (Phi) is 4.47. The molecule has 9 nitrogen and oxygen atoms in total. The minimum absolute atomic E-state index is 0.177. The number of benzene rings is 1. The highest BCUT2D eigenvalue weighted by Crippen LogP contribution is 2.24. The molecule has 1 aliphatic rings. The van der Waals surface area contributed by atoms with Gasteiger partial charge in [0, 0.05) is 31.3 Å². The van der Waals surface area contributed by atoms with Gasteiger partial charge in [-0.3, -0.25) is 9.78 Å². The number of hydrogen-bond donors (Lipinski definition) is 0. The number of aromatic nitrogens is 6. The van der Waals surface area contributed by atoms with E-state index in [4.69, 9.17) is 4.52 Å². The molecule has 4 heterocycles. The molecule has 0 N–H and O–H groups in total. The van der Waals surface area contributed by atoms with E-state index in [1.165, 1.54) is 0 Å². The van der Waals surface area contributed by atoms with Crippen LogP contribution in [-0.2, 0) is 11.3 Å². The summed E-state index contributed by atoms with van der Waals surface area (Å²) >= 11 is 0. The molecular weight excluding hydrogens is 370 g/mol. The van der Waals surface area contributed by atoms with Gasteiger partial charge in [-0.25, -0.2) is 4.68 Å². The molecule has 0 saturated carbocycles. The van der Waals surface area contributed by atoms with Gasteiger partial charge in [0.2, 0.25) is 11.7 Å². The number of likely N-dealkylation sites (tertiary alicyclic amines) is 1. The third kappa shape index (κ3) is 3.46. The topological polar surface area (TPSA) is 103 Å². The Bertz CT molecular complexity index is 1150. The van der Waals surface area contributed by atoms with Crippen molar-refractivity contribution in [3.05, 3.63) is 42.6 Å². The van der Waals surface area contributed by atoms with Crippen LogP contribution in [0.25, 0.3) is 34.0 Å². The van der Waals surface area contributed by atoms with Crippen molar-refractivity contribution in [1.82, 2.24) is 35.0 Å². The second-order valence-corrected chi connectivity index (χ2v) is 6.99. The molecule has 0 unspecified atom stereocenters. The molecule has 1 aliphatic heterocycles. The summed E-state index contributed by atoms with van der Waals surface area (Å²) in [6.07, 6.45) is 4.30. The summed E-state index contributed by atoms with van der Waals surface area (Å²) in [7, 11) is 0. The molecule has 3 aromatic heterocycles. The van der Waals surface area contributed by atoms with Crippen LogP contribution in [0, 0.1) is 0 Å². The summed E-state index contributed by atoms with van der Waals surface area (Å²) in [6.45, 7) is 2.24. The van der Waals surface area contributed by atoms with Gasteiger partial charge < -0.3 is 9.42 Å². The van der Waals surface area contributed by atoms with Crippen molar-refractivity contribution in [3.8, 4) is 23.0 Å². The monoisotopic (exact) mass is 389 g/mol. The average molecular weight is 389 g/mol. The molecule has 1 aromatic carbocycles. The summed E-state index contributed by atoms with van der Waals surface area (Å²) in [5.41, 5.74) is 3.00. The minimum Gasteiger partial charge on any atom is -0.343 e. The van der Waals surface area contributed by atoms with Gasteiger partial charge in [0.15, 0.2) is 0 Å². The smallest absolute Gasteiger partial charge is 0.276 e. The summed E-state index contributed by atoms with van der Waals surface area (Å²) in [5, 5.41) is 12.5. The van der Waals surface area contributed by atoms with Crippen LogP contribution in [0.1, 0.15) is 19.3 Å². The molecule has 0 atom stereocenters. The fourth-order valence-electron chi connectivity index (χ4n) is 3.54. The maximum Gasteiger partial charge on any atom is 0.276 e. The summed E-state index contributed by atoms with van der Waals surface area (Å²) in [5.74, 6) is 1.01. The molecule has 146 valence electrons. The molecule has 0 radical (unpaired) electrons. The fraction of sp³-hybridized carbons (Fsp3) is 0.300. The second-order valence-electron chi connectivity index (χ2n) is 6.99. The quantitative estimate of drug-likeness (QED) is 0.517. The summed E-state index contributed by atoms with van der Waals surface area (Å²) < 4.78 is 7.10. The van der Waals surface area contributed by atoms with Crippen LogP contribution < -0.4 is 0 Å². The molecule has 0 bridgehead atoms. The van der Waals surface area contributed by atoms with E-state index >= 15 is 0 Å². The van der Waals surface area contributed by atoms with E-state index in [9.17, 15) is 4.79 Å². The first-order valence-electron chi connectivity index (χ1n) is 9.64. The van der Waals surface area contributed by atoms with Crippen molar-refractivity contribution in [2.75, 3.05) is 13.1 Å². The Morgan fingerprint density at radius 3 is 2.86 bits per heavy atom. The van der Waals surface area contributed by atoms with Crippen molar-refractivity contribution in [1.29, 1.82) is 0 Å². The number of carbonyl (C=O) groups excluding carboxylic acids is 1. The standard InChI is InChI=1S/C20H19N7O2/c28-18(26-10-3-4-11-26)8-12-27-17-7-6-14(13-16(17)23-25-27)19-22-20(29-24-19)15-5-1-2-9-21-15/h1-2,5-7,9,13H,3-4,8,10-12H2. The molecule has 1 saturated heterocycles. The number of aryl methyl sites for hydroxylation is 1. The molecule has 4 aromatic rings. The first kappa shape index (κ1) is 17.5. The van der Waals surface area contributed by atoms with Crippen LogP contribution in [-0.4, -0.2) is 54.0 Å². The molecule has 0 aliphatic carbocycles. The van der Waals surface area contributed by atoms with Crippen LogP contribution in [0.5, 0.6) is 0 Å². The number of pyridine rings is 1. The third-order valence-corrected chi connectivity index (χ3v) is 5.08. The molecule has 29 heavy (non-hydrogen) atoms. The van der Waals surface area contributed by atoms with Crippen LogP contribution in [0.2, 0.25) is 0 Å². The zero-order chi connectivity index (χ0) is 19.6. The maximum absolute atomic E-state index is 12.3. The fourth-order valence-corrected chi connectivity index (χ4v) is 3.54. The van der Waals surface area contributed by atoms with Crippen LogP contribution in [0.3, 0.4) is 0 Å². The highest BCUT2D eigenvalue weighted by molar-refractivity contribution is 5.80. The zero-order valence-corrected chi connectivity index (χ0v) is 15.7. The molecule has 0 spiro atoms. The lowest BCUT2D eigenvalue weighted by atomic mass is 10.2. The van der Waals surface area contributed by atoms with Crippen molar-refractivity contribution < 1.29 is 9.32 Å². The van der Waals surface area contributed by atoms with Crippen LogP contribution in [0.4, 0.5) is 0 Å². The van der Waals surface area contributed by atoms with Gasteiger partial charge in [-0.05, 0) is 43.2 Å². The molecular formula is C20H19N7O2. The Hall–Kier alpha value is -3.62. The average Bonchev–Trinajstić information content (AvgIpc) is 3.53. The lowest BCUT2D eigenvalue weighted by Crippen LogP contribution is -2.28. The van der Waals surface area contributed by atoms with Crippen molar-refractivity contribution in [3.63, 3.8) is 0 Å². The van der Waals surface area contributed by atoms with E-state index < -0.39 is 0 Å². The first-order valence-corrected chi connectivity index (χ1v) is 9.64. The maximum atomic E-state index is 12.3. The number of rotatable bonds is 5. The molecule has 1 amide bonds. The van der Waals surface area contributed by atoms with Crippen LogP contribution in [0.15, 0.2) is 47.1 Å². The Balaban J connectivity index is 1.34. The van der Waals surface area contributed by atoms with Gasteiger partial charge in [0.25, 0.3) is 5.89 Å². The Labute approximate surface area is 166 Å².